The Hall–Kier alpha value is -1.62. The first-order chi connectivity index (χ1) is 22.1. The van der Waals surface area contributed by atoms with Crippen molar-refractivity contribution in [2.45, 2.75) is 0 Å². The fraction of sp³-hybridized carbons (Fsp3) is 0.0667. The minimum atomic E-state index is -4.28. The summed E-state index contributed by atoms with van der Waals surface area (Å²) >= 11 is 26.5. The van der Waals surface area contributed by atoms with Crippen molar-refractivity contribution < 1.29 is 18.2 Å². The Morgan fingerprint density at radius 1 is 0.870 bits per heavy atom. The molecule has 6 aromatic rings. The van der Waals surface area contributed by atoms with Crippen molar-refractivity contribution in [2.24, 2.45) is 0 Å². The van der Waals surface area contributed by atoms with Gasteiger partial charge in [-0.2, -0.15) is 0 Å². The van der Waals surface area contributed by atoms with Gasteiger partial charge < -0.3 is 22.3 Å². The fourth-order valence-corrected chi connectivity index (χ4v) is 11.6. The molecule has 0 radical (unpaired) electrons. The summed E-state index contributed by atoms with van der Waals surface area (Å²) in [6.07, 6.45) is 0. The molecule has 16 heteroatoms. The standard InChI is InChI=1S/C29H14BBr3F2N2O2S4.CH2Cl2/c1-39-29(38)14-4-2-13(3-5-14)25-16-11-20-15(10-21(40-20)18-6-8-23(31)41-18)36(16)30(34,35)37-17-12-22(19-7-9-24(32)42-19)43-28(17)26(33)27(25)37;2-1-3/h2-12H,1H3;1H2. The Balaban J connectivity index is 0.00000109. The molecule has 8 rings (SSSR count). The highest BCUT2D eigenvalue weighted by Gasteiger charge is 2.55. The maximum atomic E-state index is 17.1. The molecule has 234 valence electrons. The van der Waals surface area contributed by atoms with Crippen molar-refractivity contribution in [1.29, 1.82) is 0 Å². The predicted molar refractivity (Wildman–Crippen MR) is 203 cm³/mol. The number of methoxy groups -OCH3 is 1. The van der Waals surface area contributed by atoms with Gasteiger partial charge in [-0.3, -0.25) is 0 Å². The zero-order chi connectivity index (χ0) is 32.5. The van der Waals surface area contributed by atoms with Crippen molar-refractivity contribution in [1.82, 2.24) is 8.96 Å². The third kappa shape index (κ3) is 5.36. The Morgan fingerprint density at radius 2 is 1.48 bits per heavy atom. The van der Waals surface area contributed by atoms with E-state index in [1.165, 1.54) is 38.7 Å². The fourth-order valence-electron chi connectivity index (χ4n) is 5.69. The highest BCUT2D eigenvalue weighted by Crippen LogP contribution is 2.47. The van der Waals surface area contributed by atoms with Gasteiger partial charge in [-0.15, -0.1) is 68.5 Å². The molecule has 0 bridgehead atoms. The number of ether oxygens (including phenoxy) is 1. The lowest BCUT2D eigenvalue weighted by atomic mass is 9.86. The van der Waals surface area contributed by atoms with Crippen LogP contribution in [0.4, 0.5) is 8.63 Å². The topological polar surface area (TPSA) is 34.2 Å². The molecular weight excluding hydrogens is 908 g/mol. The SMILES string of the molecule is COC(=O)c1ccc(C2=C3C(Br)=c4sc(-c5ccc(Br)s5)cc4=[N+]3[B-](F)(F)n3c2cc2sc(-c4ccc(Br)s4)cc23)cc1.ClCCl. The van der Waals surface area contributed by atoms with Gasteiger partial charge in [0.2, 0.25) is 0 Å². The Kier molecular flexibility index (Phi) is 9.08. The van der Waals surface area contributed by atoms with Crippen LogP contribution in [0.25, 0.3) is 39.8 Å². The molecule has 1 aromatic carbocycles. The molecule has 0 atom stereocenters. The minimum Gasteiger partial charge on any atom is -0.465 e. The molecule has 0 fully saturated rings. The number of rotatable bonds is 4. The molecule has 0 aliphatic carbocycles. The van der Waals surface area contributed by atoms with Crippen LogP contribution >= 0.6 is 116 Å². The Morgan fingerprint density at radius 3 is 2.04 bits per heavy atom. The second kappa shape index (κ2) is 12.7. The van der Waals surface area contributed by atoms with Gasteiger partial charge in [0, 0.05) is 31.9 Å². The monoisotopic (exact) mass is 920 g/mol. The number of nitrogens with zero attached hydrogens (tertiary/aromatic N) is 2. The number of hydrogen-bond acceptors (Lipinski definition) is 6. The van der Waals surface area contributed by atoms with E-state index in [1.807, 2.05) is 42.5 Å². The van der Waals surface area contributed by atoms with Crippen LogP contribution in [-0.2, 0) is 4.74 Å². The van der Waals surface area contributed by atoms with E-state index in [1.54, 1.807) is 46.9 Å². The molecule has 46 heavy (non-hydrogen) atoms. The first-order valence-corrected chi connectivity index (χ1v) is 20.0. The summed E-state index contributed by atoms with van der Waals surface area (Å²) in [5.74, 6) is -0.454. The maximum absolute atomic E-state index is 17.1. The van der Waals surface area contributed by atoms with Gasteiger partial charge in [-0.1, -0.05) is 12.1 Å². The summed E-state index contributed by atoms with van der Waals surface area (Å²) in [5, 5.41) is 0.671. The lowest BCUT2D eigenvalue weighted by Gasteiger charge is -2.32. The number of aromatic nitrogens is 1. The van der Waals surface area contributed by atoms with Gasteiger partial charge in [0.05, 0.1) is 40.7 Å². The van der Waals surface area contributed by atoms with Crippen LogP contribution in [0.5, 0.6) is 0 Å². The van der Waals surface area contributed by atoms with E-state index in [0.717, 1.165) is 41.9 Å². The third-order valence-electron chi connectivity index (χ3n) is 7.49. The number of carbonyl (C=O) groups is 1. The van der Waals surface area contributed by atoms with Crippen LogP contribution in [0.3, 0.4) is 0 Å². The van der Waals surface area contributed by atoms with E-state index in [9.17, 15) is 4.79 Å². The first kappa shape index (κ1) is 32.9. The summed E-state index contributed by atoms with van der Waals surface area (Å²) in [6.45, 7) is -4.28. The summed E-state index contributed by atoms with van der Waals surface area (Å²) < 4.78 is 45.7. The Bertz CT molecular complexity index is 2360. The molecule has 0 amide bonds. The molecule has 0 unspecified atom stereocenters. The Labute approximate surface area is 312 Å². The first-order valence-electron chi connectivity index (χ1n) is 13.3. The lowest BCUT2D eigenvalue weighted by Crippen LogP contribution is -2.56. The molecule has 4 nitrogen and oxygen atoms in total. The molecule has 5 aromatic heterocycles. The summed E-state index contributed by atoms with van der Waals surface area (Å²) in [7, 11) is 1.33. The average molecular weight is 924 g/mol. The van der Waals surface area contributed by atoms with Gasteiger partial charge in [-0.05, 0) is 102 Å². The maximum Gasteiger partial charge on any atom is 0.738 e. The second-order valence-corrected chi connectivity index (χ2v) is 18.6. The molecule has 2 aliphatic rings. The van der Waals surface area contributed by atoms with Gasteiger partial charge in [0.15, 0.2) is 11.1 Å². The number of esters is 1. The number of allylic oxidation sites excluding steroid dienone is 1. The van der Waals surface area contributed by atoms with Crippen LogP contribution in [0.15, 0.2) is 80.0 Å². The number of carbonyl (C=O) groups excluding carboxylic acids is 1. The minimum absolute atomic E-state index is 0.194. The zero-order valence-electron chi connectivity index (χ0n) is 23.1. The summed E-state index contributed by atoms with van der Waals surface area (Å²) in [6, 6.07) is 20.5. The number of benzene rings is 1. The number of alkyl halides is 2. The molecular formula is C30H16BBr3Cl2F2N2O2S4. The summed E-state index contributed by atoms with van der Waals surface area (Å²) in [4.78, 5) is 16.1. The highest BCUT2D eigenvalue weighted by atomic mass is 79.9. The van der Waals surface area contributed by atoms with E-state index in [4.69, 9.17) is 27.9 Å². The smallest absolute Gasteiger partial charge is 0.465 e. The van der Waals surface area contributed by atoms with Crippen LogP contribution in [0, 0.1) is 0 Å². The van der Waals surface area contributed by atoms with Crippen LogP contribution in [0.2, 0.25) is 0 Å². The quantitative estimate of drug-likeness (QED) is 0.100. The molecule has 2 aliphatic heterocycles. The van der Waals surface area contributed by atoms with Gasteiger partial charge in [0.25, 0.3) is 0 Å². The van der Waals surface area contributed by atoms with Crippen molar-refractivity contribution >= 4 is 150 Å². The van der Waals surface area contributed by atoms with E-state index in [0.29, 0.717) is 37.9 Å². The van der Waals surface area contributed by atoms with Crippen molar-refractivity contribution in [3.63, 3.8) is 0 Å². The molecule has 0 spiro atoms. The average Bonchev–Trinajstić information content (AvgIpc) is 3.86. The third-order valence-corrected chi connectivity index (χ3v) is 14.4. The lowest BCUT2D eigenvalue weighted by molar-refractivity contribution is 0.0600. The summed E-state index contributed by atoms with van der Waals surface area (Å²) in [5.41, 5.74) is 3.15. The van der Waals surface area contributed by atoms with E-state index in [2.05, 4.69) is 47.8 Å². The van der Waals surface area contributed by atoms with Gasteiger partial charge in [-0.25, -0.2) is 4.79 Å². The van der Waals surface area contributed by atoms with Gasteiger partial charge in [0.1, 0.15) is 9.01 Å². The largest absolute Gasteiger partial charge is 0.738 e. The highest BCUT2D eigenvalue weighted by molar-refractivity contribution is 9.15. The number of hydrogen-bond donors (Lipinski definition) is 0. The number of fused-ring (bicyclic) bond motifs is 5. The van der Waals surface area contributed by atoms with Crippen LogP contribution in [0.1, 0.15) is 21.6 Å². The van der Waals surface area contributed by atoms with Crippen molar-refractivity contribution in [2.75, 3.05) is 12.4 Å². The van der Waals surface area contributed by atoms with Crippen LogP contribution in [-0.4, -0.2) is 29.9 Å². The number of thiophene rings is 4. The van der Waals surface area contributed by atoms with Gasteiger partial charge >= 0.3 is 12.9 Å². The van der Waals surface area contributed by atoms with Crippen LogP contribution < -0.4 is 14.4 Å². The zero-order valence-corrected chi connectivity index (χ0v) is 32.7. The van der Waals surface area contributed by atoms with E-state index >= 15 is 8.63 Å². The number of halogens is 7. The van der Waals surface area contributed by atoms with Crippen molar-refractivity contribution in [3.8, 4) is 19.5 Å². The normalized spacial score (nSPS) is 14.7. The molecule has 0 N–H and O–H groups in total. The molecule has 0 saturated carbocycles. The second-order valence-electron chi connectivity index (χ2n) is 9.96. The molecule has 7 heterocycles. The van der Waals surface area contributed by atoms with E-state index < -0.39 is 12.9 Å². The van der Waals surface area contributed by atoms with E-state index in [-0.39, 0.29) is 5.34 Å². The van der Waals surface area contributed by atoms with Crippen molar-refractivity contribution in [3.05, 3.63) is 107 Å². The predicted octanol–water partition coefficient (Wildman–Crippen LogP) is 10.7. The molecule has 0 saturated heterocycles.